The minimum atomic E-state index is 0.560. The van der Waals surface area contributed by atoms with E-state index < -0.39 is 0 Å². The van der Waals surface area contributed by atoms with Crippen molar-refractivity contribution in [2.45, 2.75) is 6.92 Å². The van der Waals surface area contributed by atoms with Crippen molar-refractivity contribution in [3.8, 4) is 17.4 Å². The van der Waals surface area contributed by atoms with E-state index in [9.17, 15) is 0 Å². The molecule has 0 aliphatic carbocycles. The van der Waals surface area contributed by atoms with Crippen molar-refractivity contribution in [3.63, 3.8) is 0 Å². The number of hydrogen-bond donors (Lipinski definition) is 1. The number of hydrogen-bond acceptors (Lipinski definition) is 4. The van der Waals surface area contributed by atoms with Crippen molar-refractivity contribution < 1.29 is 9.47 Å². The summed E-state index contributed by atoms with van der Waals surface area (Å²) in [7, 11) is 1.63. The highest BCUT2D eigenvalue weighted by Crippen LogP contribution is 2.26. The van der Waals surface area contributed by atoms with Crippen LogP contribution in [0.4, 0.5) is 0 Å². The average molecular weight is 255 g/mol. The number of aryl methyl sites for hydroxylation is 1. The van der Waals surface area contributed by atoms with Gasteiger partial charge in [-0.3, -0.25) is 0 Å². The Hall–Kier alpha value is -2.56. The molecule has 0 amide bonds. The van der Waals surface area contributed by atoms with Crippen molar-refractivity contribution in [1.82, 2.24) is 15.0 Å². The van der Waals surface area contributed by atoms with Gasteiger partial charge in [-0.25, -0.2) is 4.98 Å². The average Bonchev–Trinajstić information content (AvgIpc) is 2.87. The second-order valence-electron chi connectivity index (χ2n) is 4.16. The lowest BCUT2D eigenvalue weighted by molar-refractivity contribution is 0.412. The van der Waals surface area contributed by atoms with Crippen LogP contribution < -0.4 is 9.47 Å². The quantitative estimate of drug-likeness (QED) is 0.781. The van der Waals surface area contributed by atoms with Gasteiger partial charge in [0.2, 0.25) is 5.88 Å². The number of aromatic nitrogens is 3. The van der Waals surface area contributed by atoms with Crippen LogP contribution in [-0.4, -0.2) is 22.1 Å². The van der Waals surface area contributed by atoms with Crippen molar-refractivity contribution in [1.29, 1.82) is 0 Å². The summed E-state index contributed by atoms with van der Waals surface area (Å²) < 4.78 is 10.9. The number of fused-ring (bicyclic) bond motifs is 1. The van der Waals surface area contributed by atoms with E-state index in [4.69, 9.17) is 9.47 Å². The predicted molar refractivity (Wildman–Crippen MR) is 71.7 cm³/mol. The van der Waals surface area contributed by atoms with E-state index in [2.05, 4.69) is 15.0 Å². The second kappa shape index (κ2) is 4.61. The number of rotatable bonds is 3. The first kappa shape index (κ1) is 11.5. The molecule has 3 rings (SSSR count). The van der Waals surface area contributed by atoms with Crippen LogP contribution in [0, 0.1) is 6.92 Å². The van der Waals surface area contributed by atoms with Crippen molar-refractivity contribution in [2.24, 2.45) is 0 Å². The van der Waals surface area contributed by atoms with Gasteiger partial charge in [-0.1, -0.05) is 0 Å². The number of aromatic amines is 1. The first-order valence-electron chi connectivity index (χ1n) is 5.89. The van der Waals surface area contributed by atoms with Crippen LogP contribution in [0.2, 0.25) is 0 Å². The maximum Gasteiger partial charge on any atom is 0.224 e. The zero-order valence-electron chi connectivity index (χ0n) is 10.7. The van der Waals surface area contributed by atoms with Crippen LogP contribution in [-0.2, 0) is 0 Å². The smallest absolute Gasteiger partial charge is 0.224 e. The lowest BCUT2D eigenvalue weighted by atomic mass is 10.3. The first-order valence-corrected chi connectivity index (χ1v) is 5.89. The third kappa shape index (κ3) is 2.22. The van der Waals surface area contributed by atoms with Gasteiger partial charge in [-0.15, -0.1) is 0 Å². The molecule has 19 heavy (non-hydrogen) atoms. The molecule has 0 atom stereocenters. The zero-order valence-corrected chi connectivity index (χ0v) is 10.7. The monoisotopic (exact) mass is 255 g/mol. The summed E-state index contributed by atoms with van der Waals surface area (Å²) in [5, 5.41) is 0. The Morgan fingerprint density at radius 1 is 1.11 bits per heavy atom. The number of imidazole rings is 1. The van der Waals surface area contributed by atoms with Crippen molar-refractivity contribution in [2.75, 3.05) is 7.11 Å². The summed E-state index contributed by atoms with van der Waals surface area (Å²) in [6.07, 6.45) is 1.62. The van der Waals surface area contributed by atoms with Crippen LogP contribution in [0.5, 0.6) is 17.4 Å². The molecule has 5 heteroatoms. The summed E-state index contributed by atoms with van der Waals surface area (Å²) in [6.45, 7) is 1.95. The number of pyridine rings is 1. The fraction of sp³-hybridized carbons (Fsp3) is 0.143. The largest absolute Gasteiger partial charge is 0.497 e. The Morgan fingerprint density at radius 2 is 1.84 bits per heavy atom. The molecular weight excluding hydrogens is 242 g/mol. The predicted octanol–water partition coefficient (Wildman–Crippen LogP) is 3.07. The standard InChI is InChI=1S/C14H13N3O2/c1-9-7-12-13(16-8-15-12)17-14(9)19-11-5-3-10(18-2)4-6-11/h3-8H,1-2H3,(H,15,16,17). The van der Waals surface area contributed by atoms with E-state index in [0.717, 1.165) is 16.8 Å². The van der Waals surface area contributed by atoms with Crippen LogP contribution in [0.15, 0.2) is 36.7 Å². The Labute approximate surface area is 110 Å². The van der Waals surface area contributed by atoms with Gasteiger partial charge in [0.15, 0.2) is 5.65 Å². The third-order valence-corrected chi connectivity index (χ3v) is 2.83. The van der Waals surface area contributed by atoms with E-state index in [0.29, 0.717) is 17.3 Å². The lowest BCUT2D eigenvalue weighted by Gasteiger charge is -2.08. The molecule has 1 aromatic carbocycles. The number of nitrogens with zero attached hydrogens (tertiary/aromatic N) is 2. The molecular formula is C14H13N3O2. The molecule has 0 bridgehead atoms. The molecule has 3 aromatic rings. The summed E-state index contributed by atoms with van der Waals surface area (Å²) >= 11 is 0. The van der Waals surface area contributed by atoms with E-state index in [1.807, 2.05) is 37.3 Å². The summed E-state index contributed by atoms with van der Waals surface area (Å²) in [5.41, 5.74) is 2.50. The molecule has 0 fully saturated rings. The molecule has 2 aromatic heterocycles. The van der Waals surface area contributed by atoms with Crippen LogP contribution in [0.1, 0.15) is 5.56 Å². The number of methoxy groups -OCH3 is 1. The lowest BCUT2D eigenvalue weighted by Crippen LogP contribution is -1.92. The van der Waals surface area contributed by atoms with Gasteiger partial charge < -0.3 is 14.5 Å². The maximum atomic E-state index is 5.77. The molecule has 0 aliphatic heterocycles. The topological polar surface area (TPSA) is 60.0 Å². The number of H-pyrrole nitrogens is 1. The normalized spacial score (nSPS) is 10.6. The van der Waals surface area contributed by atoms with E-state index in [1.165, 1.54) is 0 Å². The first-order chi connectivity index (χ1) is 9.26. The van der Waals surface area contributed by atoms with Gasteiger partial charge in [-0.05, 0) is 37.3 Å². The van der Waals surface area contributed by atoms with Gasteiger partial charge in [-0.2, -0.15) is 4.98 Å². The molecule has 0 aliphatic rings. The zero-order chi connectivity index (χ0) is 13.2. The third-order valence-electron chi connectivity index (χ3n) is 2.83. The fourth-order valence-corrected chi connectivity index (χ4v) is 1.81. The Morgan fingerprint density at radius 3 is 2.58 bits per heavy atom. The minimum absolute atomic E-state index is 0.560. The Balaban J connectivity index is 1.92. The van der Waals surface area contributed by atoms with Crippen molar-refractivity contribution in [3.05, 3.63) is 42.2 Å². The van der Waals surface area contributed by atoms with Gasteiger partial charge >= 0.3 is 0 Å². The Bertz CT molecular complexity index is 704. The maximum absolute atomic E-state index is 5.77. The van der Waals surface area contributed by atoms with E-state index in [-0.39, 0.29) is 0 Å². The molecule has 0 radical (unpaired) electrons. The molecule has 2 heterocycles. The van der Waals surface area contributed by atoms with Crippen LogP contribution in [0.25, 0.3) is 11.2 Å². The molecule has 1 N–H and O–H groups in total. The van der Waals surface area contributed by atoms with Crippen molar-refractivity contribution >= 4 is 11.2 Å². The summed E-state index contributed by atoms with van der Waals surface area (Å²) in [5.74, 6) is 2.07. The Kier molecular flexibility index (Phi) is 2.79. The number of ether oxygens (including phenoxy) is 2. The highest BCUT2D eigenvalue weighted by Gasteiger charge is 2.07. The van der Waals surface area contributed by atoms with Gasteiger partial charge in [0.05, 0.1) is 19.0 Å². The van der Waals surface area contributed by atoms with Crippen LogP contribution >= 0.6 is 0 Å². The highest BCUT2D eigenvalue weighted by molar-refractivity contribution is 5.71. The number of nitrogens with one attached hydrogen (secondary N) is 1. The van der Waals surface area contributed by atoms with Gasteiger partial charge in [0.1, 0.15) is 11.5 Å². The molecule has 96 valence electrons. The van der Waals surface area contributed by atoms with E-state index >= 15 is 0 Å². The molecule has 0 unspecified atom stereocenters. The molecule has 0 saturated heterocycles. The molecule has 5 nitrogen and oxygen atoms in total. The summed E-state index contributed by atoms with van der Waals surface area (Å²) in [6, 6.07) is 9.34. The summed E-state index contributed by atoms with van der Waals surface area (Å²) in [4.78, 5) is 11.5. The van der Waals surface area contributed by atoms with Gasteiger partial charge in [0.25, 0.3) is 0 Å². The minimum Gasteiger partial charge on any atom is -0.497 e. The molecule has 0 saturated carbocycles. The highest BCUT2D eigenvalue weighted by atomic mass is 16.5. The SMILES string of the molecule is COc1ccc(Oc2nc3nc[nH]c3cc2C)cc1. The van der Waals surface area contributed by atoms with Gasteiger partial charge in [0, 0.05) is 5.56 Å². The second-order valence-corrected chi connectivity index (χ2v) is 4.16. The van der Waals surface area contributed by atoms with E-state index in [1.54, 1.807) is 13.4 Å². The fourth-order valence-electron chi connectivity index (χ4n) is 1.81. The molecule has 0 spiro atoms. The van der Waals surface area contributed by atoms with Crippen LogP contribution in [0.3, 0.4) is 0 Å². The number of benzene rings is 1.